The van der Waals surface area contributed by atoms with Crippen molar-refractivity contribution < 1.29 is 19.3 Å². The number of likely N-dealkylation sites (tertiary alicyclic amines) is 1. The fraction of sp³-hybridized carbons (Fsp3) is 0.423. The van der Waals surface area contributed by atoms with Crippen molar-refractivity contribution in [3.63, 3.8) is 0 Å². The van der Waals surface area contributed by atoms with Crippen LogP contribution in [0, 0.1) is 0 Å². The molecule has 0 amide bonds. The summed E-state index contributed by atoms with van der Waals surface area (Å²) in [5.74, 6) is 2.47. The molecule has 34 heavy (non-hydrogen) atoms. The van der Waals surface area contributed by atoms with E-state index in [1.54, 1.807) is 18.4 Å². The molecule has 178 valence electrons. The molecule has 8 heteroatoms. The summed E-state index contributed by atoms with van der Waals surface area (Å²) in [5.41, 5.74) is 2.29. The van der Waals surface area contributed by atoms with Gasteiger partial charge in [-0.2, -0.15) is 0 Å². The van der Waals surface area contributed by atoms with Crippen molar-refractivity contribution in [1.82, 2.24) is 9.88 Å². The summed E-state index contributed by atoms with van der Waals surface area (Å²) in [6.07, 6.45) is 5.49. The van der Waals surface area contributed by atoms with Gasteiger partial charge >= 0.3 is 0 Å². The van der Waals surface area contributed by atoms with E-state index in [0.29, 0.717) is 0 Å². The standard InChI is InChI=1S/C26H29N3O4S/c1-31-20-4-2-3-17(13-20)24(29-11-7-19(30)8-12-29)23-15-27-25(34-23)28-26(9-10-26)18-5-6-21-22(14-18)33-16-32-21/h2-6,13-15,19,24,30H,7-12,16H2,1H3,(H,27,28). The zero-order valence-electron chi connectivity index (χ0n) is 19.2. The normalized spacial score (nSPS) is 20.2. The molecule has 2 fully saturated rings. The third kappa shape index (κ3) is 4.10. The van der Waals surface area contributed by atoms with E-state index >= 15 is 0 Å². The van der Waals surface area contributed by atoms with Crippen LogP contribution < -0.4 is 19.5 Å². The van der Waals surface area contributed by atoms with E-state index in [1.807, 2.05) is 24.4 Å². The molecule has 0 bridgehead atoms. The van der Waals surface area contributed by atoms with E-state index in [0.717, 1.165) is 61.2 Å². The number of methoxy groups -OCH3 is 1. The van der Waals surface area contributed by atoms with Crippen LogP contribution in [0.2, 0.25) is 0 Å². The van der Waals surface area contributed by atoms with Gasteiger partial charge in [-0.25, -0.2) is 4.98 Å². The predicted molar refractivity (Wildman–Crippen MR) is 131 cm³/mol. The first-order valence-corrected chi connectivity index (χ1v) is 12.7. The van der Waals surface area contributed by atoms with Crippen molar-refractivity contribution in [3.8, 4) is 17.2 Å². The molecule has 2 aliphatic heterocycles. The predicted octanol–water partition coefficient (Wildman–Crippen LogP) is 4.53. The average Bonchev–Trinajstić information content (AvgIpc) is 3.26. The van der Waals surface area contributed by atoms with E-state index in [4.69, 9.17) is 19.2 Å². The van der Waals surface area contributed by atoms with Crippen LogP contribution >= 0.6 is 11.3 Å². The van der Waals surface area contributed by atoms with Gasteiger partial charge in [-0.15, -0.1) is 11.3 Å². The largest absolute Gasteiger partial charge is 0.497 e. The number of rotatable bonds is 7. The number of aliphatic hydroxyl groups excluding tert-OH is 1. The van der Waals surface area contributed by atoms with Crippen LogP contribution in [-0.4, -0.2) is 48.1 Å². The number of aromatic nitrogens is 1. The molecule has 3 aromatic rings. The molecule has 6 rings (SSSR count). The third-order valence-corrected chi connectivity index (χ3v) is 8.05. The van der Waals surface area contributed by atoms with Gasteiger partial charge < -0.3 is 24.6 Å². The Morgan fingerprint density at radius 3 is 2.76 bits per heavy atom. The summed E-state index contributed by atoms with van der Waals surface area (Å²) >= 11 is 1.71. The SMILES string of the molecule is COc1cccc(C(c2cnc(NC3(c4ccc5c(c4)OCO5)CC3)s2)N2CCC(O)CC2)c1. The Morgan fingerprint density at radius 1 is 1.15 bits per heavy atom. The molecular weight excluding hydrogens is 450 g/mol. The second-order valence-electron chi connectivity index (χ2n) is 9.29. The molecule has 1 saturated heterocycles. The van der Waals surface area contributed by atoms with Crippen molar-refractivity contribution in [2.45, 2.75) is 43.4 Å². The fourth-order valence-corrected chi connectivity index (χ4v) is 6.07. The first-order chi connectivity index (χ1) is 16.6. The molecule has 7 nitrogen and oxygen atoms in total. The number of nitrogens with one attached hydrogen (secondary N) is 1. The summed E-state index contributed by atoms with van der Waals surface area (Å²) in [4.78, 5) is 8.42. The zero-order valence-corrected chi connectivity index (χ0v) is 20.0. The summed E-state index contributed by atoms with van der Waals surface area (Å²) in [6, 6.07) is 14.6. The number of aliphatic hydroxyl groups is 1. The Bertz CT molecular complexity index is 1170. The minimum Gasteiger partial charge on any atom is -0.497 e. The van der Waals surface area contributed by atoms with E-state index < -0.39 is 0 Å². The lowest BCUT2D eigenvalue weighted by atomic mass is 9.99. The van der Waals surface area contributed by atoms with Crippen LogP contribution in [0.3, 0.4) is 0 Å². The molecule has 2 aromatic carbocycles. The van der Waals surface area contributed by atoms with Gasteiger partial charge in [0.05, 0.1) is 24.8 Å². The molecule has 1 aromatic heterocycles. The second-order valence-corrected chi connectivity index (χ2v) is 10.4. The highest BCUT2D eigenvalue weighted by Gasteiger charge is 2.45. The van der Waals surface area contributed by atoms with Crippen LogP contribution in [0.5, 0.6) is 17.2 Å². The minimum atomic E-state index is -0.211. The zero-order chi connectivity index (χ0) is 23.1. The molecule has 1 aliphatic carbocycles. The molecule has 1 atom stereocenters. The molecule has 0 radical (unpaired) electrons. The Labute approximate surface area is 203 Å². The Hall–Kier alpha value is -2.81. The third-order valence-electron chi connectivity index (χ3n) is 7.09. The van der Waals surface area contributed by atoms with Crippen molar-refractivity contribution >= 4 is 16.5 Å². The lowest BCUT2D eigenvalue weighted by Gasteiger charge is -2.36. The van der Waals surface area contributed by atoms with E-state index in [-0.39, 0.29) is 24.5 Å². The van der Waals surface area contributed by atoms with Crippen molar-refractivity contribution in [2.75, 3.05) is 32.3 Å². The number of ether oxygens (including phenoxy) is 3. The summed E-state index contributed by atoms with van der Waals surface area (Å²) in [5, 5.41) is 14.7. The summed E-state index contributed by atoms with van der Waals surface area (Å²) in [6.45, 7) is 1.99. The Morgan fingerprint density at radius 2 is 1.97 bits per heavy atom. The number of thiazole rings is 1. The van der Waals surface area contributed by atoms with Crippen LogP contribution in [0.4, 0.5) is 5.13 Å². The van der Waals surface area contributed by atoms with Gasteiger partial charge in [-0.3, -0.25) is 4.90 Å². The van der Waals surface area contributed by atoms with Gasteiger partial charge in [0.2, 0.25) is 6.79 Å². The smallest absolute Gasteiger partial charge is 0.231 e. The van der Waals surface area contributed by atoms with Gasteiger partial charge in [0, 0.05) is 24.2 Å². The van der Waals surface area contributed by atoms with E-state index in [2.05, 4.69) is 34.5 Å². The molecule has 1 unspecified atom stereocenters. The monoisotopic (exact) mass is 479 g/mol. The van der Waals surface area contributed by atoms with Gasteiger partial charge in [-0.1, -0.05) is 18.2 Å². The number of anilines is 1. The number of benzene rings is 2. The molecule has 3 heterocycles. The maximum Gasteiger partial charge on any atom is 0.231 e. The quantitative estimate of drug-likeness (QED) is 0.516. The highest BCUT2D eigenvalue weighted by molar-refractivity contribution is 7.15. The lowest BCUT2D eigenvalue weighted by Crippen LogP contribution is -2.38. The molecule has 0 spiro atoms. The van der Waals surface area contributed by atoms with Gasteiger partial charge in [0.1, 0.15) is 5.75 Å². The van der Waals surface area contributed by atoms with Crippen molar-refractivity contribution in [1.29, 1.82) is 0 Å². The maximum atomic E-state index is 10.1. The number of fused-ring (bicyclic) bond motifs is 1. The number of hydrogen-bond acceptors (Lipinski definition) is 8. The number of nitrogens with zero attached hydrogens (tertiary/aromatic N) is 2. The van der Waals surface area contributed by atoms with Crippen LogP contribution in [0.1, 0.15) is 47.7 Å². The molecule has 3 aliphatic rings. The first-order valence-electron chi connectivity index (χ1n) is 11.8. The highest BCUT2D eigenvalue weighted by Crippen LogP contribution is 2.51. The second kappa shape index (κ2) is 8.76. The molecule has 1 saturated carbocycles. The van der Waals surface area contributed by atoms with Gasteiger partial charge in [-0.05, 0) is 61.1 Å². The summed E-state index contributed by atoms with van der Waals surface area (Å²) in [7, 11) is 1.70. The Kier molecular flexibility index (Phi) is 5.59. The van der Waals surface area contributed by atoms with Crippen LogP contribution in [-0.2, 0) is 5.54 Å². The molecular formula is C26H29N3O4S. The highest BCUT2D eigenvalue weighted by atomic mass is 32.1. The number of piperidine rings is 1. The topological polar surface area (TPSA) is 76.1 Å². The number of hydrogen-bond donors (Lipinski definition) is 2. The van der Waals surface area contributed by atoms with Gasteiger partial charge in [0.25, 0.3) is 0 Å². The summed E-state index contributed by atoms with van der Waals surface area (Å²) < 4.78 is 16.6. The first kappa shape index (κ1) is 21.7. The minimum absolute atomic E-state index is 0.0800. The van der Waals surface area contributed by atoms with E-state index in [9.17, 15) is 5.11 Å². The van der Waals surface area contributed by atoms with Crippen molar-refractivity contribution in [2.24, 2.45) is 0 Å². The van der Waals surface area contributed by atoms with Gasteiger partial charge in [0.15, 0.2) is 16.6 Å². The van der Waals surface area contributed by atoms with E-state index in [1.165, 1.54) is 16.0 Å². The van der Waals surface area contributed by atoms with Crippen molar-refractivity contribution in [3.05, 3.63) is 64.7 Å². The van der Waals surface area contributed by atoms with Crippen LogP contribution in [0.15, 0.2) is 48.7 Å². The van der Waals surface area contributed by atoms with Crippen LogP contribution in [0.25, 0.3) is 0 Å². The molecule has 2 N–H and O–H groups in total. The maximum absolute atomic E-state index is 10.1. The lowest BCUT2D eigenvalue weighted by molar-refractivity contribution is 0.0694. The average molecular weight is 480 g/mol. The fourth-order valence-electron chi connectivity index (χ4n) is 4.99. The Balaban J connectivity index is 1.27.